The Bertz CT molecular complexity index is 306. The number of hydrogen-bond donors (Lipinski definition) is 2. The second kappa shape index (κ2) is 11.2. The highest BCUT2D eigenvalue weighted by atomic mass is 35.5. The lowest BCUT2D eigenvalue weighted by atomic mass is 9.84. The maximum atomic E-state index is 11.9. The van der Waals surface area contributed by atoms with Crippen molar-refractivity contribution in [3.05, 3.63) is 0 Å². The van der Waals surface area contributed by atoms with Gasteiger partial charge in [0.05, 0.1) is 12.7 Å². The second-order valence-corrected chi connectivity index (χ2v) is 6.33. The number of piperidine rings is 1. The molecule has 0 bridgehead atoms. The number of carbonyl (C=O) groups is 1. The van der Waals surface area contributed by atoms with Crippen molar-refractivity contribution in [2.45, 2.75) is 45.1 Å². The summed E-state index contributed by atoms with van der Waals surface area (Å²) >= 11 is 0. The van der Waals surface area contributed by atoms with E-state index in [4.69, 9.17) is 9.47 Å². The molecular formula is C16H31ClN2O3. The van der Waals surface area contributed by atoms with Crippen LogP contribution in [0.25, 0.3) is 0 Å². The van der Waals surface area contributed by atoms with E-state index in [2.05, 4.69) is 17.6 Å². The lowest BCUT2D eigenvalue weighted by Crippen LogP contribution is -2.33. The van der Waals surface area contributed by atoms with Crippen LogP contribution in [0.2, 0.25) is 0 Å². The Kier molecular flexibility index (Phi) is 10.0. The maximum Gasteiger partial charge on any atom is 0.220 e. The van der Waals surface area contributed by atoms with Crippen LogP contribution in [0.5, 0.6) is 0 Å². The van der Waals surface area contributed by atoms with Crippen molar-refractivity contribution in [1.82, 2.24) is 10.6 Å². The van der Waals surface area contributed by atoms with Crippen molar-refractivity contribution in [2.75, 3.05) is 39.5 Å². The van der Waals surface area contributed by atoms with Gasteiger partial charge in [-0.25, -0.2) is 0 Å². The van der Waals surface area contributed by atoms with Gasteiger partial charge in [0.2, 0.25) is 5.91 Å². The fourth-order valence-electron chi connectivity index (χ4n) is 3.14. The average Bonchev–Trinajstić information content (AvgIpc) is 3.01. The van der Waals surface area contributed by atoms with E-state index in [1.54, 1.807) is 0 Å². The lowest BCUT2D eigenvalue weighted by Gasteiger charge is -2.27. The summed E-state index contributed by atoms with van der Waals surface area (Å²) in [6.45, 7) is 7.36. The third-order valence-electron chi connectivity index (χ3n) is 4.58. The van der Waals surface area contributed by atoms with Crippen LogP contribution in [0.15, 0.2) is 0 Å². The Labute approximate surface area is 140 Å². The molecule has 130 valence electrons. The molecule has 0 aromatic heterocycles. The molecule has 22 heavy (non-hydrogen) atoms. The summed E-state index contributed by atoms with van der Waals surface area (Å²) in [5, 5.41) is 6.38. The first kappa shape index (κ1) is 19.7. The third kappa shape index (κ3) is 7.27. The molecule has 0 radical (unpaired) electrons. The quantitative estimate of drug-likeness (QED) is 0.664. The van der Waals surface area contributed by atoms with E-state index in [0.717, 1.165) is 39.1 Å². The monoisotopic (exact) mass is 334 g/mol. The molecule has 0 aromatic rings. The lowest BCUT2D eigenvalue weighted by molar-refractivity contribution is -0.122. The molecule has 2 rings (SSSR count). The molecule has 2 N–H and O–H groups in total. The van der Waals surface area contributed by atoms with Crippen LogP contribution in [-0.4, -0.2) is 51.5 Å². The molecule has 0 aliphatic carbocycles. The van der Waals surface area contributed by atoms with Crippen molar-refractivity contribution in [3.63, 3.8) is 0 Å². The Morgan fingerprint density at radius 1 is 1.36 bits per heavy atom. The SMILES string of the molecule is CC(CC(=O)NCCCOC1CCOC1)C1CCNCC1.Cl. The van der Waals surface area contributed by atoms with E-state index in [1.807, 2.05) is 0 Å². The average molecular weight is 335 g/mol. The predicted octanol–water partition coefficient (Wildman–Crippen LogP) is 1.75. The number of rotatable bonds is 8. The topological polar surface area (TPSA) is 59.6 Å². The molecule has 0 aromatic carbocycles. The fourth-order valence-corrected chi connectivity index (χ4v) is 3.14. The first-order valence-corrected chi connectivity index (χ1v) is 8.42. The van der Waals surface area contributed by atoms with Crippen molar-refractivity contribution in [3.8, 4) is 0 Å². The van der Waals surface area contributed by atoms with E-state index in [9.17, 15) is 4.79 Å². The molecule has 2 aliphatic heterocycles. The number of hydrogen-bond acceptors (Lipinski definition) is 4. The number of nitrogens with one attached hydrogen (secondary N) is 2. The zero-order valence-corrected chi connectivity index (χ0v) is 14.5. The molecule has 2 unspecified atom stereocenters. The van der Waals surface area contributed by atoms with Crippen molar-refractivity contribution < 1.29 is 14.3 Å². The molecular weight excluding hydrogens is 304 g/mol. The molecule has 5 nitrogen and oxygen atoms in total. The van der Waals surface area contributed by atoms with Crippen LogP contribution in [0.3, 0.4) is 0 Å². The summed E-state index contributed by atoms with van der Waals surface area (Å²) < 4.78 is 10.9. The summed E-state index contributed by atoms with van der Waals surface area (Å²) in [4.78, 5) is 11.9. The Hall–Kier alpha value is -0.360. The minimum atomic E-state index is 0. The van der Waals surface area contributed by atoms with E-state index in [0.29, 0.717) is 31.4 Å². The number of halogens is 1. The largest absolute Gasteiger partial charge is 0.379 e. The molecule has 2 heterocycles. The van der Waals surface area contributed by atoms with Crippen LogP contribution in [0.4, 0.5) is 0 Å². The van der Waals surface area contributed by atoms with Crippen LogP contribution < -0.4 is 10.6 Å². The Balaban J connectivity index is 0.00000242. The Morgan fingerprint density at radius 2 is 2.14 bits per heavy atom. The van der Waals surface area contributed by atoms with E-state index < -0.39 is 0 Å². The molecule has 2 aliphatic rings. The van der Waals surface area contributed by atoms with Gasteiger partial charge in [-0.15, -0.1) is 12.4 Å². The molecule has 2 atom stereocenters. The van der Waals surface area contributed by atoms with Crippen LogP contribution in [-0.2, 0) is 14.3 Å². The molecule has 6 heteroatoms. The molecule has 0 spiro atoms. The minimum absolute atomic E-state index is 0. The van der Waals surface area contributed by atoms with Gasteiger partial charge in [0.15, 0.2) is 0 Å². The number of ether oxygens (including phenoxy) is 2. The summed E-state index contributed by atoms with van der Waals surface area (Å²) in [5.74, 6) is 1.37. The Morgan fingerprint density at radius 3 is 2.82 bits per heavy atom. The summed E-state index contributed by atoms with van der Waals surface area (Å²) in [6.07, 6.45) is 5.20. The highest BCUT2D eigenvalue weighted by molar-refractivity contribution is 5.85. The first-order chi connectivity index (χ1) is 10.3. The van der Waals surface area contributed by atoms with Gasteiger partial charge in [-0.05, 0) is 50.6 Å². The first-order valence-electron chi connectivity index (χ1n) is 8.42. The zero-order valence-electron chi connectivity index (χ0n) is 13.6. The summed E-state index contributed by atoms with van der Waals surface area (Å²) in [7, 11) is 0. The number of amides is 1. The van der Waals surface area contributed by atoms with Crippen LogP contribution in [0, 0.1) is 11.8 Å². The van der Waals surface area contributed by atoms with Crippen molar-refractivity contribution in [1.29, 1.82) is 0 Å². The van der Waals surface area contributed by atoms with E-state index >= 15 is 0 Å². The summed E-state index contributed by atoms with van der Waals surface area (Å²) in [5.41, 5.74) is 0. The fraction of sp³-hybridized carbons (Fsp3) is 0.938. The van der Waals surface area contributed by atoms with Gasteiger partial charge >= 0.3 is 0 Å². The van der Waals surface area contributed by atoms with Gasteiger partial charge in [0.1, 0.15) is 0 Å². The minimum Gasteiger partial charge on any atom is -0.379 e. The zero-order chi connectivity index (χ0) is 14.9. The van der Waals surface area contributed by atoms with Gasteiger partial charge in [0, 0.05) is 26.2 Å². The standard InChI is InChI=1S/C16H30N2O3.ClH/c1-13(14-3-7-17-8-4-14)11-16(19)18-6-2-9-21-15-5-10-20-12-15;/h13-15,17H,2-12H2,1H3,(H,18,19);1H. The van der Waals surface area contributed by atoms with Crippen LogP contribution >= 0.6 is 12.4 Å². The third-order valence-corrected chi connectivity index (χ3v) is 4.58. The molecule has 0 saturated carbocycles. The van der Waals surface area contributed by atoms with E-state index in [1.165, 1.54) is 12.8 Å². The second-order valence-electron chi connectivity index (χ2n) is 6.33. The van der Waals surface area contributed by atoms with Gasteiger partial charge in [-0.3, -0.25) is 4.79 Å². The normalized spacial score (nSPS) is 23.8. The molecule has 2 saturated heterocycles. The highest BCUT2D eigenvalue weighted by Gasteiger charge is 2.21. The highest BCUT2D eigenvalue weighted by Crippen LogP contribution is 2.24. The van der Waals surface area contributed by atoms with Gasteiger partial charge < -0.3 is 20.1 Å². The van der Waals surface area contributed by atoms with Gasteiger partial charge in [0.25, 0.3) is 0 Å². The van der Waals surface area contributed by atoms with Gasteiger partial charge in [-0.2, -0.15) is 0 Å². The van der Waals surface area contributed by atoms with Crippen molar-refractivity contribution in [2.24, 2.45) is 11.8 Å². The number of carbonyl (C=O) groups excluding carboxylic acids is 1. The van der Waals surface area contributed by atoms with Crippen LogP contribution in [0.1, 0.15) is 39.0 Å². The summed E-state index contributed by atoms with van der Waals surface area (Å²) in [6, 6.07) is 0. The van der Waals surface area contributed by atoms with Crippen molar-refractivity contribution >= 4 is 18.3 Å². The van der Waals surface area contributed by atoms with Gasteiger partial charge in [-0.1, -0.05) is 6.92 Å². The van der Waals surface area contributed by atoms with E-state index in [-0.39, 0.29) is 24.4 Å². The molecule has 1 amide bonds. The maximum absolute atomic E-state index is 11.9. The predicted molar refractivity (Wildman–Crippen MR) is 89.4 cm³/mol. The molecule has 2 fully saturated rings. The smallest absolute Gasteiger partial charge is 0.220 e.